The molecule has 2 aliphatic rings. The molecule has 0 spiro atoms. The third kappa shape index (κ3) is 5.35. The number of nitrogens with zero attached hydrogens (tertiary/aromatic N) is 1. The largest absolute Gasteiger partial charge is 0.317 e. The van der Waals surface area contributed by atoms with Crippen LogP contribution in [0.5, 0.6) is 0 Å². The van der Waals surface area contributed by atoms with Gasteiger partial charge in [-0.15, -0.1) is 11.3 Å². The summed E-state index contributed by atoms with van der Waals surface area (Å²) in [6, 6.07) is 8.59. The molecule has 1 aliphatic carbocycles. The van der Waals surface area contributed by atoms with Crippen molar-refractivity contribution in [3.63, 3.8) is 0 Å². The molecule has 2 aromatic rings. The van der Waals surface area contributed by atoms with Crippen LogP contribution in [-0.2, 0) is 0 Å². The number of Topliss-reactive ketones (excluding diaryl/α,β-unsaturated/α-hetero) is 1. The number of benzene rings is 1. The molecule has 3 nitrogen and oxygen atoms in total. The van der Waals surface area contributed by atoms with Gasteiger partial charge in [-0.2, -0.15) is 0 Å². The Bertz CT molecular complexity index is 806. The zero-order valence-electron chi connectivity index (χ0n) is 17.8. The lowest BCUT2D eigenvalue weighted by Crippen LogP contribution is -2.28. The maximum Gasteiger partial charge on any atom is 0.163 e. The Morgan fingerprint density at radius 2 is 1.90 bits per heavy atom. The molecule has 1 aromatic heterocycles. The van der Waals surface area contributed by atoms with E-state index in [2.05, 4.69) is 53.8 Å². The zero-order chi connectivity index (χ0) is 20.2. The number of ketones is 1. The topological polar surface area (TPSA) is 42.0 Å². The standard InChI is InChI=1S/C25H34N2OS/c1-17(24-16-29-18(2)27-24)13-20-3-4-23(14-20)21-5-7-22(8-6-21)25(28)15-19-9-11-26-12-10-19/h5-8,16-17,19-20,23,26H,3-4,9-15H2,1-2H3/t17-,20?,23-/m0/s1. The number of rotatable bonds is 7. The minimum atomic E-state index is 0.320. The van der Waals surface area contributed by atoms with Gasteiger partial charge in [-0.3, -0.25) is 4.79 Å². The molecule has 4 heteroatoms. The third-order valence-corrected chi connectivity index (χ3v) is 7.80. The number of hydrogen-bond donors (Lipinski definition) is 1. The number of carbonyl (C=O) groups excluding carboxylic acids is 1. The molecule has 0 bridgehead atoms. The van der Waals surface area contributed by atoms with Gasteiger partial charge in [0.15, 0.2) is 5.78 Å². The maximum atomic E-state index is 12.6. The Morgan fingerprint density at radius 1 is 1.14 bits per heavy atom. The number of aromatic nitrogens is 1. The van der Waals surface area contributed by atoms with E-state index in [-0.39, 0.29) is 0 Å². The average molecular weight is 411 g/mol. The van der Waals surface area contributed by atoms with Gasteiger partial charge in [0.05, 0.1) is 10.7 Å². The van der Waals surface area contributed by atoms with Crippen LogP contribution in [0.4, 0.5) is 0 Å². The summed E-state index contributed by atoms with van der Waals surface area (Å²) in [5.41, 5.74) is 3.59. The number of nitrogens with one attached hydrogen (secondary N) is 1. The minimum Gasteiger partial charge on any atom is -0.317 e. The van der Waals surface area contributed by atoms with Crippen molar-refractivity contribution in [1.82, 2.24) is 10.3 Å². The van der Waals surface area contributed by atoms with Gasteiger partial charge in [0, 0.05) is 17.4 Å². The Labute approximate surface area is 179 Å². The molecule has 156 valence electrons. The van der Waals surface area contributed by atoms with Crippen molar-refractivity contribution in [2.75, 3.05) is 13.1 Å². The normalized spacial score (nSPS) is 23.9. The highest BCUT2D eigenvalue weighted by Gasteiger charge is 2.28. The second-order valence-electron chi connectivity index (χ2n) is 9.25. The number of hydrogen-bond acceptors (Lipinski definition) is 4. The van der Waals surface area contributed by atoms with Gasteiger partial charge in [0.2, 0.25) is 0 Å². The van der Waals surface area contributed by atoms with Gasteiger partial charge in [-0.1, -0.05) is 31.2 Å². The molecule has 3 atom stereocenters. The lowest BCUT2D eigenvalue weighted by molar-refractivity contribution is 0.0952. The van der Waals surface area contributed by atoms with E-state index in [4.69, 9.17) is 0 Å². The molecule has 1 saturated carbocycles. The van der Waals surface area contributed by atoms with E-state index in [0.717, 1.165) is 37.4 Å². The molecule has 4 rings (SSSR count). The van der Waals surface area contributed by atoms with Gasteiger partial charge in [-0.05, 0) is 87.8 Å². The average Bonchev–Trinajstić information content (AvgIpc) is 3.38. The SMILES string of the molecule is Cc1nc([C@@H](C)CC2CC[C@H](c3ccc(C(=O)CC4CCNCC4)cc3)C2)cs1. The molecule has 2 heterocycles. The van der Waals surface area contributed by atoms with E-state index in [1.807, 2.05) is 0 Å². The van der Waals surface area contributed by atoms with Crippen molar-refractivity contribution in [1.29, 1.82) is 0 Å². The van der Waals surface area contributed by atoms with Crippen LogP contribution in [0.15, 0.2) is 29.6 Å². The second-order valence-corrected chi connectivity index (χ2v) is 10.3. The van der Waals surface area contributed by atoms with E-state index in [1.165, 1.54) is 41.9 Å². The molecule has 0 radical (unpaired) electrons. The summed E-state index contributed by atoms with van der Waals surface area (Å²) < 4.78 is 0. The first-order chi connectivity index (χ1) is 14.1. The van der Waals surface area contributed by atoms with Crippen LogP contribution in [0.3, 0.4) is 0 Å². The molecule has 1 aliphatic heterocycles. The van der Waals surface area contributed by atoms with Crippen LogP contribution in [0, 0.1) is 18.8 Å². The number of piperidine rings is 1. The summed E-state index contributed by atoms with van der Waals surface area (Å²) in [5.74, 6) is 2.87. The summed E-state index contributed by atoms with van der Waals surface area (Å²) in [5, 5.41) is 6.78. The van der Waals surface area contributed by atoms with Gasteiger partial charge in [0.1, 0.15) is 0 Å². The monoisotopic (exact) mass is 410 g/mol. The van der Waals surface area contributed by atoms with Crippen molar-refractivity contribution in [2.24, 2.45) is 11.8 Å². The molecule has 0 amide bonds. The minimum absolute atomic E-state index is 0.320. The molecule has 1 aromatic carbocycles. The molecule has 1 unspecified atom stereocenters. The fourth-order valence-electron chi connectivity index (χ4n) is 5.23. The van der Waals surface area contributed by atoms with E-state index >= 15 is 0 Å². The highest BCUT2D eigenvalue weighted by Crippen LogP contribution is 2.42. The highest BCUT2D eigenvalue weighted by atomic mass is 32.1. The third-order valence-electron chi connectivity index (χ3n) is 7.01. The van der Waals surface area contributed by atoms with Gasteiger partial charge in [-0.25, -0.2) is 4.98 Å². The van der Waals surface area contributed by atoms with Crippen LogP contribution < -0.4 is 5.32 Å². The first kappa shape index (κ1) is 20.7. The molecule has 1 saturated heterocycles. The molecule has 2 fully saturated rings. The fraction of sp³-hybridized carbons (Fsp3) is 0.600. The first-order valence-corrected chi connectivity index (χ1v) is 12.2. The summed E-state index contributed by atoms with van der Waals surface area (Å²) in [7, 11) is 0. The van der Waals surface area contributed by atoms with Crippen LogP contribution in [0.2, 0.25) is 0 Å². The summed E-state index contributed by atoms with van der Waals surface area (Å²) in [4.78, 5) is 17.3. The Morgan fingerprint density at radius 3 is 2.59 bits per heavy atom. The summed E-state index contributed by atoms with van der Waals surface area (Å²) in [6.45, 7) is 6.53. The zero-order valence-corrected chi connectivity index (χ0v) is 18.6. The van der Waals surface area contributed by atoms with Crippen molar-refractivity contribution < 1.29 is 4.79 Å². The second kappa shape index (κ2) is 9.53. The molecule has 1 N–H and O–H groups in total. The van der Waals surface area contributed by atoms with Crippen molar-refractivity contribution in [2.45, 2.75) is 70.6 Å². The molecule has 29 heavy (non-hydrogen) atoms. The smallest absolute Gasteiger partial charge is 0.163 e. The van der Waals surface area contributed by atoms with Gasteiger partial charge in [0.25, 0.3) is 0 Å². The lowest BCUT2D eigenvalue weighted by Gasteiger charge is -2.21. The number of carbonyl (C=O) groups is 1. The van der Waals surface area contributed by atoms with E-state index < -0.39 is 0 Å². The van der Waals surface area contributed by atoms with E-state index in [9.17, 15) is 4.79 Å². The van der Waals surface area contributed by atoms with Crippen LogP contribution in [0.1, 0.15) is 90.3 Å². The maximum absolute atomic E-state index is 12.6. The van der Waals surface area contributed by atoms with Crippen molar-refractivity contribution in [3.8, 4) is 0 Å². The highest BCUT2D eigenvalue weighted by molar-refractivity contribution is 7.09. The van der Waals surface area contributed by atoms with Crippen LogP contribution in [0.25, 0.3) is 0 Å². The van der Waals surface area contributed by atoms with E-state index in [1.54, 1.807) is 11.3 Å². The molecular formula is C25H34N2OS. The predicted octanol–water partition coefficient (Wildman–Crippen LogP) is 6.10. The fourth-order valence-corrected chi connectivity index (χ4v) is 5.96. The summed E-state index contributed by atoms with van der Waals surface area (Å²) >= 11 is 1.76. The van der Waals surface area contributed by atoms with E-state index in [0.29, 0.717) is 30.0 Å². The van der Waals surface area contributed by atoms with Crippen molar-refractivity contribution in [3.05, 3.63) is 51.5 Å². The Kier molecular flexibility index (Phi) is 6.81. The van der Waals surface area contributed by atoms with Crippen LogP contribution in [-0.4, -0.2) is 23.9 Å². The molecular weight excluding hydrogens is 376 g/mol. The van der Waals surface area contributed by atoms with Gasteiger partial charge < -0.3 is 5.32 Å². The predicted molar refractivity (Wildman–Crippen MR) is 121 cm³/mol. The Balaban J connectivity index is 1.29. The quantitative estimate of drug-likeness (QED) is 0.561. The van der Waals surface area contributed by atoms with Crippen molar-refractivity contribution >= 4 is 17.1 Å². The number of aryl methyl sites for hydroxylation is 1. The van der Waals surface area contributed by atoms with Crippen LogP contribution >= 0.6 is 11.3 Å². The lowest BCUT2D eigenvalue weighted by atomic mass is 9.88. The summed E-state index contributed by atoms with van der Waals surface area (Å²) in [6.07, 6.45) is 8.07. The Hall–Kier alpha value is -1.52. The first-order valence-electron chi connectivity index (χ1n) is 11.3. The number of thiazole rings is 1. The van der Waals surface area contributed by atoms with Gasteiger partial charge >= 0.3 is 0 Å².